The van der Waals surface area contributed by atoms with Gasteiger partial charge in [-0.2, -0.15) is 11.8 Å². The summed E-state index contributed by atoms with van der Waals surface area (Å²) in [5.41, 5.74) is -0.0947. The first-order chi connectivity index (χ1) is 7.63. The number of hydrogen-bond acceptors (Lipinski definition) is 6. The Balaban J connectivity index is 2.46. The standard InChI is InChI=1S/C9H14N4O2S/c1-7(6-16-2)3-10-9-11-4-8(5-12-9)13(14)15/h4-5,7H,3,6H2,1-2H3,(H,10,11,12). The zero-order valence-corrected chi connectivity index (χ0v) is 10.0. The number of nitrogens with one attached hydrogen (secondary N) is 1. The van der Waals surface area contributed by atoms with Gasteiger partial charge in [0.15, 0.2) is 0 Å². The van der Waals surface area contributed by atoms with Crippen molar-refractivity contribution >= 4 is 23.4 Å². The smallest absolute Gasteiger partial charge is 0.305 e. The summed E-state index contributed by atoms with van der Waals surface area (Å²) in [4.78, 5) is 17.6. The van der Waals surface area contributed by atoms with E-state index in [1.165, 1.54) is 12.4 Å². The molecule has 0 bridgehead atoms. The van der Waals surface area contributed by atoms with Gasteiger partial charge in [-0.25, -0.2) is 9.97 Å². The molecule has 0 fully saturated rings. The van der Waals surface area contributed by atoms with Gasteiger partial charge in [0, 0.05) is 6.54 Å². The molecule has 6 nitrogen and oxygen atoms in total. The number of aromatic nitrogens is 2. The first kappa shape index (κ1) is 12.7. The predicted octanol–water partition coefficient (Wildman–Crippen LogP) is 1.80. The Morgan fingerprint density at radius 2 is 2.19 bits per heavy atom. The average Bonchev–Trinajstić information content (AvgIpc) is 2.27. The summed E-state index contributed by atoms with van der Waals surface area (Å²) in [7, 11) is 0. The molecule has 0 saturated heterocycles. The van der Waals surface area contributed by atoms with E-state index in [2.05, 4.69) is 28.5 Å². The van der Waals surface area contributed by atoms with Crippen molar-refractivity contribution in [2.75, 3.05) is 23.9 Å². The van der Waals surface area contributed by atoms with Gasteiger partial charge in [0.05, 0.1) is 4.92 Å². The van der Waals surface area contributed by atoms with Crippen LogP contribution in [0, 0.1) is 16.0 Å². The molecule has 1 aromatic rings. The fourth-order valence-electron chi connectivity index (χ4n) is 1.12. The molecule has 0 saturated carbocycles. The van der Waals surface area contributed by atoms with E-state index in [1.807, 2.05) is 0 Å². The maximum absolute atomic E-state index is 10.4. The van der Waals surface area contributed by atoms with E-state index in [-0.39, 0.29) is 5.69 Å². The maximum atomic E-state index is 10.4. The Labute approximate surface area is 98.0 Å². The molecule has 16 heavy (non-hydrogen) atoms. The van der Waals surface area contributed by atoms with Crippen LogP contribution in [0.15, 0.2) is 12.4 Å². The van der Waals surface area contributed by atoms with Gasteiger partial charge in [-0.3, -0.25) is 10.1 Å². The quantitative estimate of drug-likeness (QED) is 0.605. The second-order valence-corrected chi connectivity index (χ2v) is 4.37. The van der Waals surface area contributed by atoms with Crippen molar-refractivity contribution in [1.29, 1.82) is 0 Å². The lowest BCUT2D eigenvalue weighted by Crippen LogP contribution is -2.14. The molecule has 1 N–H and O–H groups in total. The van der Waals surface area contributed by atoms with Crippen LogP contribution >= 0.6 is 11.8 Å². The molecule has 0 aromatic carbocycles. The minimum Gasteiger partial charge on any atom is -0.354 e. The molecule has 0 amide bonds. The summed E-state index contributed by atoms with van der Waals surface area (Å²) in [6.45, 7) is 2.88. The van der Waals surface area contributed by atoms with Crippen LogP contribution in [0.2, 0.25) is 0 Å². The Bertz CT molecular complexity index is 344. The fourth-order valence-corrected chi connectivity index (χ4v) is 1.80. The van der Waals surface area contributed by atoms with Crippen LogP contribution < -0.4 is 5.32 Å². The minimum atomic E-state index is -0.514. The lowest BCUT2D eigenvalue weighted by Gasteiger charge is -2.10. The van der Waals surface area contributed by atoms with E-state index in [1.54, 1.807) is 11.8 Å². The molecule has 0 aliphatic carbocycles. The lowest BCUT2D eigenvalue weighted by molar-refractivity contribution is -0.385. The number of rotatable bonds is 6. The Hall–Kier alpha value is -1.37. The second kappa shape index (κ2) is 6.26. The highest BCUT2D eigenvalue weighted by Gasteiger charge is 2.07. The van der Waals surface area contributed by atoms with Crippen LogP contribution in [-0.4, -0.2) is 33.4 Å². The monoisotopic (exact) mass is 242 g/mol. The molecular formula is C9H14N4O2S. The van der Waals surface area contributed by atoms with Crippen molar-refractivity contribution in [3.8, 4) is 0 Å². The SMILES string of the molecule is CSCC(C)CNc1ncc([N+](=O)[O-])cn1. The Morgan fingerprint density at radius 3 is 2.69 bits per heavy atom. The van der Waals surface area contributed by atoms with E-state index >= 15 is 0 Å². The molecule has 88 valence electrons. The van der Waals surface area contributed by atoms with Gasteiger partial charge < -0.3 is 5.32 Å². The summed E-state index contributed by atoms with van der Waals surface area (Å²) in [6.07, 6.45) is 4.46. The van der Waals surface area contributed by atoms with Crippen molar-refractivity contribution in [2.45, 2.75) is 6.92 Å². The van der Waals surface area contributed by atoms with E-state index in [0.29, 0.717) is 11.9 Å². The van der Waals surface area contributed by atoms with Gasteiger partial charge in [-0.1, -0.05) is 6.92 Å². The van der Waals surface area contributed by atoms with Crippen molar-refractivity contribution in [3.63, 3.8) is 0 Å². The molecule has 0 aliphatic rings. The first-order valence-corrected chi connectivity index (χ1v) is 6.22. The highest BCUT2D eigenvalue weighted by molar-refractivity contribution is 7.98. The topological polar surface area (TPSA) is 81.0 Å². The number of nitrogens with zero attached hydrogens (tertiary/aromatic N) is 3. The molecule has 1 rings (SSSR count). The van der Waals surface area contributed by atoms with Crippen molar-refractivity contribution in [2.24, 2.45) is 5.92 Å². The van der Waals surface area contributed by atoms with Gasteiger partial charge in [-0.15, -0.1) is 0 Å². The van der Waals surface area contributed by atoms with Gasteiger partial charge in [0.1, 0.15) is 12.4 Å². The number of hydrogen-bond donors (Lipinski definition) is 1. The third-order valence-corrected chi connectivity index (χ3v) is 2.81. The molecule has 1 aromatic heterocycles. The summed E-state index contributed by atoms with van der Waals surface area (Å²) in [6, 6.07) is 0. The first-order valence-electron chi connectivity index (χ1n) is 4.82. The highest BCUT2D eigenvalue weighted by atomic mass is 32.2. The summed E-state index contributed by atoms with van der Waals surface area (Å²) in [5.74, 6) is 1.99. The van der Waals surface area contributed by atoms with Gasteiger partial charge >= 0.3 is 5.69 Å². The van der Waals surface area contributed by atoms with Crippen LogP contribution in [0.4, 0.5) is 11.6 Å². The molecule has 1 atom stereocenters. The van der Waals surface area contributed by atoms with E-state index < -0.39 is 4.92 Å². The predicted molar refractivity (Wildman–Crippen MR) is 64.7 cm³/mol. The molecule has 0 spiro atoms. The fraction of sp³-hybridized carbons (Fsp3) is 0.556. The van der Waals surface area contributed by atoms with Crippen LogP contribution in [0.5, 0.6) is 0 Å². The molecule has 7 heteroatoms. The third kappa shape index (κ3) is 4.01. The molecule has 1 heterocycles. The second-order valence-electron chi connectivity index (χ2n) is 3.46. The van der Waals surface area contributed by atoms with Crippen molar-refractivity contribution in [1.82, 2.24) is 9.97 Å². The summed E-state index contributed by atoms with van der Waals surface area (Å²) in [5, 5.41) is 13.4. The van der Waals surface area contributed by atoms with Crippen LogP contribution in [0.1, 0.15) is 6.92 Å². The highest BCUT2D eigenvalue weighted by Crippen LogP contribution is 2.09. The number of anilines is 1. The zero-order chi connectivity index (χ0) is 12.0. The molecule has 0 aliphatic heterocycles. The minimum absolute atomic E-state index is 0.0947. The number of thioether (sulfide) groups is 1. The van der Waals surface area contributed by atoms with Gasteiger partial charge in [0.25, 0.3) is 0 Å². The van der Waals surface area contributed by atoms with Crippen molar-refractivity contribution in [3.05, 3.63) is 22.5 Å². The van der Waals surface area contributed by atoms with Crippen LogP contribution in [0.25, 0.3) is 0 Å². The van der Waals surface area contributed by atoms with E-state index in [4.69, 9.17) is 0 Å². The average molecular weight is 242 g/mol. The van der Waals surface area contributed by atoms with Gasteiger partial charge in [-0.05, 0) is 17.9 Å². The van der Waals surface area contributed by atoms with E-state index in [0.717, 1.165) is 12.3 Å². The van der Waals surface area contributed by atoms with Crippen LogP contribution in [0.3, 0.4) is 0 Å². The zero-order valence-electron chi connectivity index (χ0n) is 9.21. The maximum Gasteiger partial charge on any atom is 0.305 e. The van der Waals surface area contributed by atoms with Gasteiger partial charge in [0.2, 0.25) is 5.95 Å². The largest absolute Gasteiger partial charge is 0.354 e. The third-order valence-electron chi connectivity index (χ3n) is 1.91. The Morgan fingerprint density at radius 1 is 1.56 bits per heavy atom. The molecule has 1 unspecified atom stereocenters. The molecule has 0 radical (unpaired) electrons. The van der Waals surface area contributed by atoms with Crippen molar-refractivity contribution < 1.29 is 4.92 Å². The Kier molecular flexibility index (Phi) is 4.97. The lowest BCUT2D eigenvalue weighted by atomic mass is 10.2. The molecular weight excluding hydrogens is 228 g/mol. The van der Waals surface area contributed by atoms with Crippen LogP contribution in [-0.2, 0) is 0 Å². The summed E-state index contributed by atoms with van der Waals surface area (Å²) < 4.78 is 0. The van der Waals surface area contributed by atoms with E-state index in [9.17, 15) is 10.1 Å². The number of nitro groups is 1. The normalized spacial score (nSPS) is 12.1. The summed E-state index contributed by atoms with van der Waals surface area (Å²) >= 11 is 1.78.